The minimum atomic E-state index is -0.125. The molecule has 0 radical (unpaired) electrons. The van der Waals surface area contributed by atoms with Gasteiger partial charge in [-0.2, -0.15) is 0 Å². The van der Waals surface area contributed by atoms with Crippen LogP contribution >= 0.6 is 0 Å². The first-order valence-corrected chi connectivity index (χ1v) is 9.52. The molecule has 24 heavy (non-hydrogen) atoms. The van der Waals surface area contributed by atoms with Crippen LogP contribution in [0.5, 0.6) is 0 Å². The Morgan fingerprint density at radius 1 is 1.08 bits per heavy atom. The lowest BCUT2D eigenvalue weighted by molar-refractivity contribution is 0.0896. The Bertz CT molecular complexity index is 525. The molecule has 0 bridgehead atoms. The summed E-state index contributed by atoms with van der Waals surface area (Å²) in [6.07, 6.45) is 5.45. The molecule has 2 N–H and O–H groups in total. The van der Waals surface area contributed by atoms with E-state index in [9.17, 15) is 0 Å². The van der Waals surface area contributed by atoms with Gasteiger partial charge >= 0.3 is 0 Å². The number of rotatable bonds is 3. The van der Waals surface area contributed by atoms with E-state index < -0.39 is 0 Å². The van der Waals surface area contributed by atoms with Crippen molar-refractivity contribution in [2.24, 2.45) is 11.8 Å². The van der Waals surface area contributed by atoms with Crippen molar-refractivity contribution in [1.82, 2.24) is 4.90 Å². The first-order valence-electron chi connectivity index (χ1n) is 9.52. The van der Waals surface area contributed by atoms with Crippen LogP contribution in [0.15, 0.2) is 12.1 Å². The maximum atomic E-state index is 7.62. The highest BCUT2D eigenvalue weighted by Crippen LogP contribution is 2.40. The van der Waals surface area contributed by atoms with E-state index >= 15 is 0 Å². The summed E-state index contributed by atoms with van der Waals surface area (Å²) in [6.45, 7) is 11.6. The molecule has 1 saturated heterocycles. The second-order valence-corrected chi connectivity index (χ2v) is 7.92. The largest absolute Gasteiger partial charge is 0.394 e. The molecular weight excluding hydrogens is 298 g/mol. The van der Waals surface area contributed by atoms with Gasteiger partial charge in [0.15, 0.2) is 0 Å². The average Bonchev–Trinajstić information content (AvgIpc) is 2.55. The number of fused-ring (bicyclic) bond motifs is 3. The number of aliphatic hydroxyl groups is 2. The molecule has 1 aromatic carbocycles. The normalized spacial score (nSPS) is 23.3. The SMILES string of the molecule is Cc1cc2c(cc1C)C1CCC(CC(C)C)CN1CC2.OCCO. The van der Waals surface area contributed by atoms with Crippen LogP contribution in [0.4, 0.5) is 0 Å². The van der Waals surface area contributed by atoms with E-state index in [1.54, 1.807) is 11.1 Å². The molecule has 2 unspecified atom stereocenters. The molecule has 0 saturated carbocycles. The molecular formula is C21H35NO2. The van der Waals surface area contributed by atoms with E-state index in [0.29, 0.717) is 6.04 Å². The van der Waals surface area contributed by atoms with Crippen molar-refractivity contribution in [2.75, 3.05) is 26.3 Å². The van der Waals surface area contributed by atoms with Crippen LogP contribution in [-0.4, -0.2) is 41.4 Å². The lowest BCUT2D eigenvalue weighted by Gasteiger charge is -2.44. The summed E-state index contributed by atoms with van der Waals surface area (Å²) >= 11 is 0. The Balaban J connectivity index is 0.000000471. The predicted molar refractivity (Wildman–Crippen MR) is 100 cm³/mol. The van der Waals surface area contributed by atoms with Gasteiger partial charge < -0.3 is 10.2 Å². The molecule has 3 heteroatoms. The summed E-state index contributed by atoms with van der Waals surface area (Å²) < 4.78 is 0. The number of aryl methyl sites for hydroxylation is 2. The predicted octanol–water partition coefficient (Wildman–Crippen LogP) is 3.63. The van der Waals surface area contributed by atoms with Gasteiger partial charge in [-0.3, -0.25) is 4.90 Å². The molecule has 0 amide bonds. The third kappa shape index (κ3) is 4.81. The quantitative estimate of drug-likeness (QED) is 0.888. The number of benzene rings is 1. The highest BCUT2D eigenvalue weighted by molar-refractivity contribution is 5.40. The summed E-state index contributed by atoms with van der Waals surface area (Å²) in [7, 11) is 0. The van der Waals surface area contributed by atoms with E-state index in [0.717, 1.165) is 11.8 Å². The lowest BCUT2D eigenvalue weighted by atomic mass is 9.80. The van der Waals surface area contributed by atoms with E-state index in [2.05, 4.69) is 44.7 Å². The zero-order chi connectivity index (χ0) is 17.7. The van der Waals surface area contributed by atoms with E-state index in [1.807, 2.05) is 0 Å². The number of hydrogen-bond acceptors (Lipinski definition) is 3. The van der Waals surface area contributed by atoms with Crippen molar-refractivity contribution in [3.63, 3.8) is 0 Å². The third-order valence-electron chi connectivity index (χ3n) is 5.47. The highest BCUT2D eigenvalue weighted by Gasteiger charge is 2.33. The fourth-order valence-corrected chi connectivity index (χ4v) is 4.27. The van der Waals surface area contributed by atoms with Gasteiger partial charge in [0, 0.05) is 19.1 Å². The summed E-state index contributed by atoms with van der Waals surface area (Å²) in [4.78, 5) is 2.77. The molecule has 2 aliphatic rings. The Morgan fingerprint density at radius 2 is 1.75 bits per heavy atom. The molecule has 3 rings (SSSR count). The van der Waals surface area contributed by atoms with Gasteiger partial charge in [0.25, 0.3) is 0 Å². The van der Waals surface area contributed by atoms with Gasteiger partial charge in [-0.15, -0.1) is 0 Å². The zero-order valence-corrected chi connectivity index (χ0v) is 15.9. The van der Waals surface area contributed by atoms with Crippen LogP contribution in [0.3, 0.4) is 0 Å². The van der Waals surface area contributed by atoms with Crippen LogP contribution in [0.1, 0.15) is 61.4 Å². The van der Waals surface area contributed by atoms with Gasteiger partial charge in [-0.05, 0) is 73.6 Å². The summed E-state index contributed by atoms with van der Waals surface area (Å²) in [5.41, 5.74) is 6.19. The average molecular weight is 334 g/mol. The third-order valence-corrected chi connectivity index (χ3v) is 5.47. The van der Waals surface area contributed by atoms with Crippen LogP contribution in [-0.2, 0) is 6.42 Å². The molecule has 1 aromatic rings. The Kier molecular flexibility index (Phi) is 7.27. The molecule has 2 heterocycles. The van der Waals surface area contributed by atoms with Gasteiger partial charge in [0.2, 0.25) is 0 Å². The Labute approximate surface area is 147 Å². The van der Waals surface area contributed by atoms with Crippen molar-refractivity contribution in [3.8, 4) is 0 Å². The monoisotopic (exact) mass is 333 g/mol. The highest BCUT2D eigenvalue weighted by atomic mass is 16.3. The topological polar surface area (TPSA) is 43.7 Å². The van der Waals surface area contributed by atoms with Crippen LogP contribution in [0, 0.1) is 25.7 Å². The van der Waals surface area contributed by atoms with Crippen LogP contribution in [0.2, 0.25) is 0 Å². The summed E-state index contributed by atoms with van der Waals surface area (Å²) in [6, 6.07) is 5.63. The number of piperidine rings is 1. The van der Waals surface area contributed by atoms with Crippen molar-refractivity contribution in [1.29, 1.82) is 0 Å². The van der Waals surface area contributed by atoms with Gasteiger partial charge in [-0.1, -0.05) is 26.0 Å². The lowest BCUT2D eigenvalue weighted by Crippen LogP contribution is -2.42. The molecule has 2 aliphatic heterocycles. The zero-order valence-electron chi connectivity index (χ0n) is 15.9. The molecule has 1 fully saturated rings. The second kappa shape index (κ2) is 8.98. The van der Waals surface area contributed by atoms with Crippen LogP contribution in [0.25, 0.3) is 0 Å². The standard InChI is InChI=1S/C19H29N.C2H6O2/c1-13(2)9-16-5-6-19-18-11-15(4)14(3)10-17(18)7-8-20(19)12-16;3-1-2-4/h10-11,13,16,19H,5-9,12H2,1-4H3;3-4H,1-2H2. The number of hydrogen-bond donors (Lipinski definition) is 2. The van der Waals surface area contributed by atoms with Gasteiger partial charge in [-0.25, -0.2) is 0 Å². The van der Waals surface area contributed by atoms with Crippen molar-refractivity contribution < 1.29 is 10.2 Å². The molecule has 2 atom stereocenters. The van der Waals surface area contributed by atoms with Crippen molar-refractivity contribution in [2.45, 2.75) is 59.4 Å². The molecule has 0 aliphatic carbocycles. The first kappa shape index (κ1) is 19.4. The molecule has 136 valence electrons. The minimum Gasteiger partial charge on any atom is -0.394 e. The maximum Gasteiger partial charge on any atom is 0.0662 e. The molecule has 0 spiro atoms. The first-order chi connectivity index (χ1) is 11.5. The fourth-order valence-electron chi connectivity index (χ4n) is 4.27. The molecule has 0 aromatic heterocycles. The molecule has 3 nitrogen and oxygen atoms in total. The second-order valence-electron chi connectivity index (χ2n) is 7.92. The number of aliphatic hydroxyl groups excluding tert-OH is 2. The van der Waals surface area contributed by atoms with Crippen molar-refractivity contribution >= 4 is 0 Å². The van der Waals surface area contributed by atoms with E-state index in [4.69, 9.17) is 10.2 Å². The smallest absolute Gasteiger partial charge is 0.0662 e. The van der Waals surface area contributed by atoms with E-state index in [-0.39, 0.29) is 13.2 Å². The maximum absolute atomic E-state index is 7.62. The van der Waals surface area contributed by atoms with E-state index in [1.165, 1.54) is 49.9 Å². The van der Waals surface area contributed by atoms with Gasteiger partial charge in [0.1, 0.15) is 0 Å². The van der Waals surface area contributed by atoms with Crippen molar-refractivity contribution in [3.05, 3.63) is 34.4 Å². The Morgan fingerprint density at radius 3 is 2.38 bits per heavy atom. The van der Waals surface area contributed by atoms with Crippen LogP contribution < -0.4 is 0 Å². The summed E-state index contributed by atoms with van der Waals surface area (Å²) in [5.74, 6) is 1.78. The Hall–Kier alpha value is -0.900. The number of nitrogens with zero attached hydrogens (tertiary/aromatic N) is 1. The van der Waals surface area contributed by atoms with Gasteiger partial charge in [0.05, 0.1) is 13.2 Å². The fraction of sp³-hybridized carbons (Fsp3) is 0.714. The summed E-state index contributed by atoms with van der Waals surface area (Å²) in [5, 5.41) is 15.2. The minimum absolute atomic E-state index is 0.125.